The highest BCUT2D eigenvalue weighted by atomic mass is 35.5. The van der Waals surface area contributed by atoms with E-state index in [1.54, 1.807) is 0 Å². The van der Waals surface area contributed by atoms with E-state index in [0.29, 0.717) is 31.4 Å². The van der Waals surface area contributed by atoms with Crippen LogP contribution in [0.4, 0.5) is 8.78 Å². The van der Waals surface area contributed by atoms with Gasteiger partial charge in [-0.15, -0.1) is 0 Å². The van der Waals surface area contributed by atoms with Gasteiger partial charge in [0, 0.05) is 19.1 Å². The van der Waals surface area contributed by atoms with Crippen LogP contribution in [0.1, 0.15) is 24.0 Å². The van der Waals surface area contributed by atoms with E-state index in [4.69, 9.17) is 16.3 Å². The lowest BCUT2D eigenvalue weighted by Crippen LogP contribution is -2.58. The maximum atomic E-state index is 13.7. The quantitative estimate of drug-likeness (QED) is 0.444. The van der Waals surface area contributed by atoms with Crippen molar-refractivity contribution in [1.82, 2.24) is 10.6 Å². The molecule has 2 aromatic rings. The number of hydrogen-bond acceptors (Lipinski definition) is 4. The number of carbonyl (C=O) groups is 1. The van der Waals surface area contributed by atoms with Gasteiger partial charge >= 0.3 is 5.97 Å². The Morgan fingerprint density at radius 2 is 1.87 bits per heavy atom. The minimum absolute atomic E-state index is 0.188. The third kappa shape index (κ3) is 4.74. The zero-order chi connectivity index (χ0) is 22.0. The summed E-state index contributed by atoms with van der Waals surface area (Å²) in [6.07, 6.45) is 1.93. The van der Waals surface area contributed by atoms with Crippen LogP contribution in [-0.4, -0.2) is 42.9 Å². The number of carboxylic acid groups (broad SMARTS) is 1. The smallest absolute Gasteiger partial charge is 0.333 e. The Morgan fingerprint density at radius 1 is 1.13 bits per heavy atom. The molecule has 5 nitrogen and oxygen atoms in total. The lowest BCUT2D eigenvalue weighted by molar-refractivity contribution is -0.133. The highest BCUT2D eigenvalue weighted by Gasteiger charge is 2.35. The number of aryl methyl sites for hydroxylation is 1. The van der Waals surface area contributed by atoms with Crippen LogP contribution < -0.4 is 15.4 Å². The minimum atomic E-state index is -0.890. The lowest BCUT2D eigenvalue weighted by Gasteiger charge is -2.38. The second kappa shape index (κ2) is 9.34. The molecule has 2 unspecified atom stereocenters. The lowest BCUT2D eigenvalue weighted by atomic mass is 9.84. The summed E-state index contributed by atoms with van der Waals surface area (Å²) in [5.41, 5.74) is 3.28. The van der Waals surface area contributed by atoms with Crippen molar-refractivity contribution in [2.24, 2.45) is 0 Å². The second-order valence-corrected chi connectivity index (χ2v) is 8.18. The van der Waals surface area contributed by atoms with Crippen molar-refractivity contribution in [2.75, 3.05) is 19.7 Å². The van der Waals surface area contributed by atoms with Crippen molar-refractivity contribution in [1.29, 1.82) is 0 Å². The Hall–Kier alpha value is -2.48. The van der Waals surface area contributed by atoms with Gasteiger partial charge in [0.1, 0.15) is 10.8 Å². The zero-order valence-electron chi connectivity index (χ0n) is 16.8. The molecule has 2 bridgehead atoms. The van der Waals surface area contributed by atoms with E-state index in [-0.39, 0.29) is 29.5 Å². The molecule has 2 aliphatic heterocycles. The summed E-state index contributed by atoms with van der Waals surface area (Å²) in [7, 11) is 0. The largest absolute Gasteiger partial charge is 0.489 e. The number of fused-ring (bicyclic) bond motifs is 2. The molecular formula is C23H23ClF2N2O3. The Bertz CT molecular complexity index is 1010. The summed E-state index contributed by atoms with van der Waals surface area (Å²) in [6.45, 7) is 1.62. The zero-order valence-corrected chi connectivity index (χ0v) is 17.5. The Labute approximate surface area is 184 Å². The summed E-state index contributed by atoms with van der Waals surface area (Å²) in [6, 6.07) is 9.82. The van der Waals surface area contributed by atoms with Crippen LogP contribution in [0.5, 0.6) is 5.75 Å². The van der Waals surface area contributed by atoms with Gasteiger partial charge in [-0.3, -0.25) is 0 Å². The van der Waals surface area contributed by atoms with Crippen LogP contribution in [0.15, 0.2) is 42.0 Å². The Morgan fingerprint density at radius 3 is 2.61 bits per heavy atom. The molecule has 1 fully saturated rings. The molecular weight excluding hydrogens is 426 g/mol. The van der Waals surface area contributed by atoms with E-state index in [9.17, 15) is 18.7 Å². The molecule has 0 amide bonds. The molecule has 0 saturated carbocycles. The van der Waals surface area contributed by atoms with Crippen LogP contribution in [-0.2, 0) is 11.2 Å². The maximum Gasteiger partial charge on any atom is 0.333 e. The van der Waals surface area contributed by atoms with Gasteiger partial charge in [-0.2, -0.15) is 0 Å². The molecule has 8 heteroatoms. The van der Waals surface area contributed by atoms with E-state index >= 15 is 0 Å². The van der Waals surface area contributed by atoms with Crippen molar-refractivity contribution >= 4 is 23.1 Å². The second-order valence-electron chi connectivity index (χ2n) is 7.80. The molecule has 4 rings (SSSR count). The molecule has 0 aliphatic carbocycles. The first-order valence-electron chi connectivity index (χ1n) is 10.2. The van der Waals surface area contributed by atoms with Crippen LogP contribution in [0.2, 0.25) is 5.02 Å². The van der Waals surface area contributed by atoms with Crippen molar-refractivity contribution in [3.05, 3.63) is 69.8 Å². The fraction of sp³-hybridized carbons (Fsp3) is 0.348. The summed E-state index contributed by atoms with van der Waals surface area (Å²) in [4.78, 5) is 11.9. The summed E-state index contributed by atoms with van der Waals surface area (Å²) in [5.74, 6) is -2.57. The van der Waals surface area contributed by atoms with Gasteiger partial charge in [-0.1, -0.05) is 35.9 Å². The molecule has 164 valence electrons. The fourth-order valence-electron chi connectivity index (χ4n) is 4.20. The van der Waals surface area contributed by atoms with E-state index < -0.39 is 17.6 Å². The van der Waals surface area contributed by atoms with Gasteiger partial charge in [0.2, 0.25) is 0 Å². The number of aliphatic carboxylic acids is 1. The van der Waals surface area contributed by atoms with Gasteiger partial charge < -0.3 is 20.5 Å². The summed E-state index contributed by atoms with van der Waals surface area (Å²) < 4.78 is 32.5. The van der Waals surface area contributed by atoms with Crippen molar-refractivity contribution in [2.45, 2.75) is 31.3 Å². The predicted molar refractivity (Wildman–Crippen MR) is 114 cm³/mol. The van der Waals surface area contributed by atoms with E-state index in [2.05, 4.69) is 10.6 Å². The number of carboxylic acids is 1. The molecule has 2 atom stereocenters. The SMILES string of the molecule is O=C(O)C1=C(c2ccc(CCCOc3c(F)ccc(F)c3Cl)cc2)CC2CNCC1N2. The standard InChI is InChI=1S/C23H23ClF2N2O3/c24-21-17(25)7-8-18(26)22(21)31-9-1-2-13-3-5-14(6-4-13)16-10-15-11-27-12-19(28-15)20(16)23(29)30/h3-8,15,19,27-28H,1-2,9-12H2,(H,29,30). The number of halogens is 3. The molecule has 0 spiro atoms. The summed E-state index contributed by atoms with van der Waals surface area (Å²) >= 11 is 5.76. The molecule has 3 N–H and O–H groups in total. The monoisotopic (exact) mass is 448 g/mol. The average molecular weight is 449 g/mol. The fourth-order valence-corrected chi connectivity index (χ4v) is 4.41. The highest BCUT2D eigenvalue weighted by Crippen LogP contribution is 2.32. The van der Waals surface area contributed by atoms with Gasteiger partial charge in [-0.25, -0.2) is 13.6 Å². The highest BCUT2D eigenvalue weighted by molar-refractivity contribution is 6.32. The van der Waals surface area contributed by atoms with E-state index in [0.717, 1.165) is 35.4 Å². The molecule has 0 radical (unpaired) electrons. The number of piperazine rings is 1. The van der Waals surface area contributed by atoms with E-state index in [1.165, 1.54) is 0 Å². The predicted octanol–water partition coefficient (Wildman–Crippen LogP) is 3.80. The Kier molecular flexibility index (Phi) is 6.55. The maximum absolute atomic E-state index is 13.7. The van der Waals surface area contributed by atoms with Gasteiger partial charge in [0.25, 0.3) is 0 Å². The Balaban J connectivity index is 1.40. The van der Waals surface area contributed by atoms with Crippen LogP contribution in [0.3, 0.4) is 0 Å². The normalized spacial score (nSPS) is 20.6. The minimum Gasteiger partial charge on any atom is -0.489 e. The third-order valence-electron chi connectivity index (χ3n) is 5.69. The first kappa shape index (κ1) is 21.7. The number of ether oxygens (including phenoxy) is 1. The molecule has 2 heterocycles. The third-order valence-corrected chi connectivity index (χ3v) is 6.04. The first-order chi connectivity index (χ1) is 14.9. The molecule has 1 saturated heterocycles. The van der Waals surface area contributed by atoms with Crippen molar-refractivity contribution in [3.63, 3.8) is 0 Å². The molecule has 2 aromatic carbocycles. The van der Waals surface area contributed by atoms with Gasteiger partial charge in [0.05, 0.1) is 18.2 Å². The summed E-state index contributed by atoms with van der Waals surface area (Å²) in [5, 5.41) is 16.0. The van der Waals surface area contributed by atoms with Gasteiger partial charge in [-0.05, 0) is 48.1 Å². The number of benzene rings is 2. The van der Waals surface area contributed by atoms with E-state index in [1.807, 2.05) is 24.3 Å². The van der Waals surface area contributed by atoms with Crippen molar-refractivity contribution in [3.8, 4) is 5.75 Å². The number of hydrogen-bond donors (Lipinski definition) is 3. The van der Waals surface area contributed by atoms with Crippen LogP contribution in [0.25, 0.3) is 5.57 Å². The molecule has 0 aromatic heterocycles. The van der Waals surface area contributed by atoms with Crippen molar-refractivity contribution < 1.29 is 23.4 Å². The first-order valence-corrected chi connectivity index (χ1v) is 10.6. The van der Waals surface area contributed by atoms with Gasteiger partial charge in [0.15, 0.2) is 11.6 Å². The molecule has 31 heavy (non-hydrogen) atoms. The number of rotatable bonds is 7. The molecule has 2 aliphatic rings. The topological polar surface area (TPSA) is 70.6 Å². The van der Waals surface area contributed by atoms with Crippen LogP contribution >= 0.6 is 11.6 Å². The van der Waals surface area contributed by atoms with Crippen LogP contribution in [0, 0.1) is 11.6 Å². The number of nitrogens with one attached hydrogen (secondary N) is 2. The average Bonchev–Trinajstić information content (AvgIpc) is 2.76.